The van der Waals surface area contributed by atoms with Crippen LogP contribution in [0.2, 0.25) is 0 Å². The highest BCUT2D eigenvalue weighted by Crippen LogP contribution is 2.27. The Labute approximate surface area is 147 Å². The molecule has 0 radical (unpaired) electrons. The van der Waals surface area contributed by atoms with Crippen molar-refractivity contribution in [1.29, 1.82) is 0 Å². The van der Waals surface area contributed by atoms with Gasteiger partial charge in [0.1, 0.15) is 0 Å². The maximum atomic E-state index is 12.0. The molecule has 0 saturated heterocycles. The molecule has 2 aromatic carbocycles. The van der Waals surface area contributed by atoms with Crippen LogP contribution in [0.25, 0.3) is 0 Å². The highest BCUT2D eigenvalue weighted by Gasteiger charge is 2.08. The van der Waals surface area contributed by atoms with E-state index >= 15 is 0 Å². The maximum absolute atomic E-state index is 12.0. The van der Waals surface area contributed by atoms with Crippen molar-refractivity contribution in [2.45, 2.75) is 6.42 Å². The molecule has 132 valence electrons. The van der Waals surface area contributed by atoms with Gasteiger partial charge in [0.25, 0.3) is 5.91 Å². The molecule has 0 heterocycles. The summed E-state index contributed by atoms with van der Waals surface area (Å²) in [5.74, 6) is 0.925. The standard InChI is InChI=1S/C19H22N2O4/c1-24-16-9-8-14(12-17(16)25-2)13-18(22)20-10-11-21-19(23)15-6-4-3-5-7-15/h3-9,12H,10-11,13H2,1-2H3,(H,20,22)(H,21,23). The van der Waals surface area contributed by atoms with Crippen LogP contribution in [-0.2, 0) is 11.2 Å². The molecule has 0 atom stereocenters. The number of amides is 2. The van der Waals surface area contributed by atoms with Gasteiger partial charge in [-0.3, -0.25) is 9.59 Å². The zero-order valence-electron chi connectivity index (χ0n) is 14.4. The average Bonchev–Trinajstić information content (AvgIpc) is 2.65. The van der Waals surface area contributed by atoms with Crippen LogP contribution < -0.4 is 20.1 Å². The quantitative estimate of drug-likeness (QED) is 0.717. The van der Waals surface area contributed by atoms with Gasteiger partial charge in [0.2, 0.25) is 5.91 Å². The lowest BCUT2D eigenvalue weighted by Crippen LogP contribution is -2.35. The van der Waals surface area contributed by atoms with Gasteiger partial charge in [0.05, 0.1) is 20.6 Å². The Morgan fingerprint density at radius 2 is 1.56 bits per heavy atom. The molecule has 0 spiro atoms. The summed E-state index contributed by atoms with van der Waals surface area (Å²) >= 11 is 0. The molecule has 0 aliphatic heterocycles. The highest BCUT2D eigenvalue weighted by atomic mass is 16.5. The van der Waals surface area contributed by atoms with Crippen LogP contribution >= 0.6 is 0 Å². The summed E-state index contributed by atoms with van der Waals surface area (Å²) < 4.78 is 10.4. The number of hydrogen-bond donors (Lipinski definition) is 2. The van der Waals surface area contributed by atoms with E-state index in [1.165, 1.54) is 0 Å². The van der Waals surface area contributed by atoms with E-state index in [-0.39, 0.29) is 18.2 Å². The molecule has 2 N–H and O–H groups in total. The van der Waals surface area contributed by atoms with Crippen molar-refractivity contribution in [2.75, 3.05) is 27.3 Å². The summed E-state index contributed by atoms with van der Waals surface area (Å²) in [7, 11) is 3.12. The Morgan fingerprint density at radius 1 is 0.880 bits per heavy atom. The summed E-state index contributed by atoms with van der Waals surface area (Å²) in [6.45, 7) is 0.732. The van der Waals surface area contributed by atoms with E-state index in [1.54, 1.807) is 50.6 Å². The zero-order valence-corrected chi connectivity index (χ0v) is 14.4. The molecule has 2 aromatic rings. The molecule has 6 nitrogen and oxygen atoms in total. The first kappa shape index (κ1) is 18.3. The second-order valence-corrected chi connectivity index (χ2v) is 5.34. The second kappa shape index (κ2) is 9.32. The average molecular weight is 342 g/mol. The van der Waals surface area contributed by atoms with Crippen molar-refractivity contribution in [3.05, 3.63) is 59.7 Å². The van der Waals surface area contributed by atoms with Crippen LogP contribution in [0, 0.1) is 0 Å². The third-order valence-electron chi connectivity index (χ3n) is 3.58. The molecule has 25 heavy (non-hydrogen) atoms. The molecule has 2 rings (SSSR count). The normalized spacial score (nSPS) is 10.0. The lowest BCUT2D eigenvalue weighted by Gasteiger charge is -2.10. The maximum Gasteiger partial charge on any atom is 0.251 e. The first-order valence-electron chi connectivity index (χ1n) is 7.95. The first-order valence-corrected chi connectivity index (χ1v) is 7.95. The number of nitrogens with one attached hydrogen (secondary N) is 2. The van der Waals surface area contributed by atoms with Crippen LogP contribution in [0.1, 0.15) is 15.9 Å². The Balaban J connectivity index is 1.75. The smallest absolute Gasteiger partial charge is 0.251 e. The molecule has 0 unspecified atom stereocenters. The van der Waals surface area contributed by atoms with E-state index < -0.39 is 0 Å². The predicted molar refractivity (Wildman–Crippen MR) is 95.0 cm³/mol. The number of ether oxygens (including phenoxy) is 2. The monoisotopic (exact) mass is 342 g/mol. The van der Waals surface area contributed by atoms with Gasteiger partial charge >= 0.3 is 0 Å². The molecule has 2 amide bonds. The van der Waals surface area contributed by atoms with Gasteiger partial charge < -0.3 is 20.1 Å². The summed E-state index contributed by atoms with van der Waals surface area (Å²) in [6.07, 6.45) is 0.229. The molecule has 0 aliphatic rings. The molecule has 0 aliphatic carbocycles. The summed E-state index contributed by atoms with van der Waals surface area (Å²) in [5, 5.41) is 5.54. The van der Waals surface area contributed by atoms with E-state index in [0.717, 1.165) is 5.56 Å². The van der Waals surface area contributed by atoms with Crippen LogP contribution in [0.5, 0.6) is 11.5 Å². The minimum atomic E-state index is -0.158. The third-order valence-corrected chi connectivity index (χ3v) is 3.58. The van der Waals surface area contributed by atoms with E-state index in [9.17, 15) is 9.59 Å². The van der Waals surface area contributed by atoms with E-state index in [2.05, 4.69) is 10.6 Å². The minimum absolute atomic E-state index is 0.124. The molecule has 0 fully saturated rings. The fourth-order valence-electron chi connectivity index (χ4n) is 2.31. The lowest BCUT2D eigenvalue weighted by atomic mass is 10.1. The summed E-state index contributed by atoms with van der Waals surface area (Å²) in [5.41, 5.74) is 1.42. The Kier molecular flexibility index (Phi) is 6.83. The number of benzene rings is 2. The largest absolute Gasteiger partial charge is 0.493 e. The molecule has 0 saturated carbocycles. The molecular weight excluding hydrogens is 320 g/mol. The van der Waals surface area contributed by atoms with Crippen molar-refractivity contribution in [3.8, 4) is 11.5 Å². The fraction of sp³-hybridized carbons (Fsp3) is 0.263. The van der Waals surface area contributed by atoms with Gasteiger partial charge in [-0.05, 0) is 29.8 Å². The van der Waals surface area contributed by atoms with Crippen LogP contribution in [0.15, 0.2) is 48.5 Å². The Morgan fingerprint density at radius 3 is 2.24 bits per heavy atom. The number of carbonyl (C=O) groups is 2. The van der Waals surface area contributed by atoms with Crippen molar-refractivity contribution >= 4 is 11.8 Å². The summed E-state index contributed by atoms with van der Waals surface area (Å²) in [6, 6.07) is 14.3. The van der Waals surface area contributed by atoms with Crippen molar-refractivity contribution in [3.63, 3.8) is 0 Å². The van der Waals surface area contributed by atoms with Gasteiger partial charge in [-0.15, -0.1) is 0 Å². The van der Waals surface area contributed by atoms with Crippen molar-refractivity contribution < 1.29 is 19.1 Å². The van der Waals surface area contributed by atoms with Crippen LogP contribution in [0.3, 0.4) is 0 Å². The number of rotatable bonds is 8. The topological polar surface area (TPSA) is 76.7 Å². The molecule has 0 aromatic heterocycles. The zero-order chi connectivity index (χ0) is 18.1. The van der Waals surface area contributed by atoms with E-state index in [0.29, 0.717) is 30.2 Å². The van der Waals surface area contributed by atoms with Gasteiger partial charge in [0, 0.05) is 18.7 Å². The lowest BCUT2D eigenvalue weighted by molar-refractivity contribution is -0.120. The molecule has 0 bridgehead atoms. The number of hydrogen-bond acceptors (Lipinski definition) is 4. The number of methoxy groups -OCH3 is 2. The van der Waals surface area contributed by atoms with Gasteiger partial charge in [-0.2, -0.15) is 0 Å². The molecule has 6 heteroatoms. The Hall–Kier alpha value is -3.02. The van der Waals surface area contributed by atoms with Gasteiger partial charge in [-0.25, -0.2) is 0 Å². The molecular formula is C19H22N2O4. The minimum Gasteiger partial charge on any atom is -0.493 e. The second-order valence-electron chi connectivity index (χ2n) is 5.34. The highest BCUT2D eigenvalue weighted by molar-refractivity contribution is 5.94. The van der Waals surface area contributed by atoms with Gasteiger partial charge in [0.15, 0.2) is 11.5 Å². The van der Waals surface area contributed by atoms with E-state index in [4.69, 9.17) is 9.47 Å². The van der Waals surface area contributed by atoms with Crippen molar-refractivity contribution in [2.24, 2.45) is 0 Å². The number of carbonyl (C=O) groups excluding carboxylic acids is 2. The third kappa shape index (κ3) is 5.53. The fourth-order valence-corrected chi connectivity index (χ4v) is 2.31. The SMILES string of the molecule is COc1ccc(CC(=O)NCCNC(=O)c2ccccc2)cc1OC. The predicted octanol–water partition coefficient (Wildman–Crippen LogP) is 1.79. The van der Waals surface area contributed by atoms with Gasteiger partial charge in [-0.1, -0.05) is 24.3 Å². The first-order chi connectivity index (χ1) is 12.1. The Bertz CT molecular complexity index is 717. The van der Waals surface area contributed by atoms with Crippen LogP contribution in [-0.4, -0.2) is 39.1 Å². The van der Waals surface area contributed by atoms with Crippen molar-refractivity contribution in [1.82, 2.24) is 10.6 Å². The summed E-state index contributed by atoms with van der Waals surface area (Å²) in [4.78, 5) is 23.8. The van der Waals surface area contributed by atoms with Crippen LogP contribution in [0.4, 0.5) is 0 Å². The van der Waals surface area contributed by atoms with E-state index in [1.807, 2.05) is 12.1 Å².